The number of hydrogen-bond acceptors (Lipinski definition) is 6. The fourth-order valence-electron chi connectivity index (χ4n) is 3.11. The molecule has 0 saturated carbocycles. The van der Waals surface area contributed by atoms with Crippen LogP contribution in [0.5, 0.6) is 0 Å². The van der Waals surface area contributed by atoms with Gasteiger partial charge in [0, 0.05) is 26.7 Å². The Hall–Kier alpha value is -1.96. The highest BCUT2D eigenvalue weighted by Gasteiger charge is 2.24. The average Bonchev–Trinajstić information content (AvgIpc) is 3.04. The van der Waals surface area contributed by atoms with Crippen LogP contribution in [0.3, 0.4) is 0 Å². The first kappa shape index (κ1) is 17.8. The van der Waals surface area contributed by atoms with E-state index in [-0.39, 0.29) is 11.9 Å². The number of benzene rings is 1. The zero-order valence-corrected chi connectivity index (χ0v) is 15.4. The minimum Gasteiger partial charge on any atom is -0.379 e. The molecule has 0 bridgehead atoms. The van der Waals surface area contributed by atoms with Crippen molar-refractivity contribution in [3.8, 4) is 0 Å². The van der Waals surface area contributed by atoms with Crippen LogP contribution >= 0.6 is 11.5 Å². The molecular formula is C18H24N4O2S. The predicted octanol–water partition coefficient (Wildman–Crippen LogP) is 2.30. The van der Waals surface area contributed by atoms with E-state index in [1.54, 1.807) is 0 Å². The Bertz CT molecular complexity index is 698. The highest BCUT2D eigenvalue weighted by molar-refractivity contribution is 7.10. The summed E-state index contributed by atoms with van der Waals surface area (Å²) in [5, 5.41) is 6.95. The van der Waals surface area contributed by atoms with Crippen LogP contribution in [-0.4, -0.2) is 55.1 Å². The Balaban J connectivity index is 1.74. The summed E-state index contributed by atoms with van der Waals surface area (Å²) in [6, 6.07) is 10.5. The second kappa shape index (κ2) is 8.42. The summed E-state index contributed by atoms with van der Waals surface area (Å²) in [5.74, 6) is -0.0789. The molecule has 25 heavy (non-hydrogen) atoms. The molecule has 2 N–H and O–H groups in total. The van der Waals surface area contributed by atoms with Gasteiger partial charge in [0.05, 0.1) is 30.5 Å². The van der Waals surface area contributed by atoms with Gasteiger partial charge in [0.15, 0.2) is 0 Å². The Kier molecular flexibility index (Phi) is 6.01. The summed E-state index contributed by atoms with van der Waals surface area (Å²) in [6.45, 7) is 5.63. The molecule has 1 aliphatic rings. The van der Waals surface area contributed by atoms with Crippen molar-refractivity contribution in [3.63, 3.8) is 0 Å². The molecule has 1 saturated heterocycles. The minimum absolute atomic E-state index is 0.0789. The largest absolute Gasteiger partial charge is 0.379 e. The number of hydrogen-bond donors (Lipinski definition) is 2. The molecule has 1 aromatic carbocycles. The van der Waals surface area contributed by atoms with E-state index in [9.17, 15) is 4.79 Å². The molecule has 3 rings (SSSR count). The molecule has 1 amide bonds. The van der Waals surface area contributed by atoms with Gasteiger partial charge in [0.25, 0.3) is 5.91 Å². The third kappa shape index (κ3) is 4.18. The number of ether oxygens (including phenoxy) is 1. The van der Waals surface area contributed by atoms with Crippen molar-refractivity contribution in [2.45, 2.75) is 13.0 Å². The number of aromatic nitrogens is 1. The fraction of sp³-hybridized carbons (Fsp3) is 0.444. The van der Waals surface area contributed by atoms with E-state index in [0.29, 0.717) is 12.1 Å². The van der Waals surface area contributed by atoms with Gasteiger partial charge in [-0.15, -0.1) is 0 Å². The van der Waals surface area contributed by atoms with Gasteiger partial charge in [-0.05, 0) is 24.0 Å². The van der Waals surface area contributed by atoms with E-state index >= 15 is 0 Å². The summed E-state index contributed by atoms with van der Waals surface area (Å²) >= 11 is 1.31. The third-order valence-electron chi connectivity index (χ3n) is 4.44. The summed E-state index contributed by atoms with van der Waals surface area (Å²) in [4.78, 5) is 15.1. The molecule has 1 atom stereocenters. The zero-order valence-electron chi connectivity index (χ0n) is 14.6. The quantitative estimate of drug-likeness (QED) is 0.827. The number of rotatable bonds is 6. The average molecular weight is 360 g/mol. The van der Waals surface area contributed by atoms with Crippen molar-refractivity contribution in [3.05, 3.63) is 47.2 Å². The van der Waals surface area contributed by atoms with E-state index in [0.717, 1.165) is 37.0 Å². The van der Waals surface area contributed by atoms with Crippen LogP contribution in [0.2, 0.25) is 0 Å². The number of amides is 1. The second-order valence-electron chi connectivity index (χ2n) is 6.01. The number of aryl methyl sites for hydroxylation is 1. The van der Waals surface area contributed by atoms with E-state index in [4.69, 9.17) is 4.74 Å². The first-order chi connectivity index (χ1) is 12.2. The molecule has 6 nitrogen and oxygen atoms in total. The number of nitrogens with one attached hydrogen (secondary N) is 2. The standard InChI is InChI=1S/C18H24N4O2S/c1-13-16(18(19-2)25-21-13)17(23)20-12-15(14-6-4-3-5-7-14)22-8-10-24-11-9-22/h3-7,15,19H,8-12H2,1-2H3,(H,20,23). The molecular weight excluding hydrogens is 336 g/mol. The summed E-state index contributed by atoms with van der Waals surface area (Å²) in [6.07, 6.45) is 0. The summed E-state index contributed by atoms with van der Waals surface area (Å²) < 4.78 is 9.75. The normalized spacial score (nSPS) is 16.4. The highest BCUT2D eigenvalue weighted by atomic mass is 32.1. The maximum Gasteiger partial charge on any atom is 0.256 e. The monoisotopic (exact) mass is 360 g/mol. The van der Waals surface area contributed by atoms with Crippen LogP contribution in [-0.2, 0) is 4.74 Å². The van der Waals surface area contributed by atoms with E-state index in [1.165, 1.54) is 17.1 Å². The van der Waals surface area contributed by atoms with Gasteiger partial charge >= 0.3 is 0 Å². The van der Waals surface area contributed by atoms with Gasteiger partial charge in [-0.25, -0.2) is 0 Å². The number of nitrogens with zero attached hydrogens (tertiary/aromatic N) is 2. The molecule has 1 unspecified atom stereocenters. The molecule has 1 fully saturated rings. The van der Waals surface area contributed by atoms with Gasteiger partial charge in [-0.2, -0.15) is 4.37 Å². The Morgan fingerprint density at radius 3 is 2.72 bits per heavy atom. The highest BCUT2D eigenvalue weighted by Crippen LogP contribution is 2.25. The van der Waals surface area contributed by atoms with Gasteiger partial charge in [0.1, 0.15) is 5.00 Å². The van der Waals surface area contributed by atoms with Gasteiger partial charge < -0.3 is 15.4 Å². The van der Waals surface area contributed by atoms with Crippen LogP contribution in [0.1, 0.15) is 27.7 Å². The van der Waals surface area contributed by atoms with Crippen molar-refractivity contribution in [1.29, 1.82) is 0 Å². The predicted molar refractivity (Wildman–Crippen MR) is 100 cm³/mol. The number of morpholine rings is 1. The van der Waals surface area contributed by atoms with Gasteiger partial charge in [-0.1, -0.05) is 30.3 Å². The van der Waals surface area contributed by atoms with E-state index in [2.05, 4.69) is 32.0 Å². The van der Waals surface area contributed by atoms with Gasteiger partial charge in [-0.3, -0.25) is 9.69 Å². The lowest BCUT2D eigenvalue weighted by molar-refractivity contribution is 0.0162. The maximum atomic E-state index is 12.7. The Labute approximate surface area is 152 Å². The molecule has 7 heteroatoms. The van der Waals surface area contributed by atoms with Crippen LogP contribution in [0.15, 0.2) is 30.3 Å². The van der Waals surface area contributed by atoms with Crippen LogP contribution < -0.4 is 10.6 Å². The van der Waals surface area contributed by atoms with Crippen molar-refractivity contribution in [2.75, 3.05) is 45.2 Å². The van der Waals surface area contributed by atoms with Crippen LogP contribution in [0.25, 0.3) is 0 Å². The fourth-order valence-corrected chi connectivity index (χ4v) is 3.85. The van der Waals surface area contributed by atoms with Crippen LogP contribution in [0, 0.1) is 6.92 Å². The van der Waals surface area contributed by atoms with Crippen molar-refractivity contribution >= 4 is 22.4 Å². The minimum atomic E-state index is -0.0789. The summed E-state index contributed by atoms with van der Waals surface area (Å²) in [7, 11) is 1.81. The number of carbonyl (C=O) groups excluding carboxylic acids is 1. The van der Waals surface area contributed by atoms with Crippen molar-refractivity contribution < 1.29 is 9.53 Å². The SMILES string of the molecule is CNc1snc(C)c1C(=O)NCC(c1ccccc1)N1CCOCC1. The Morgan fingerprint density at radius 2 is 2.04 bits per heavy atom. The van der Waals surface area contributed by atoms with Crippen molar-refractivity contribution in [1.82, 2.24) is 14.6 Å². The molecule has 0 aliphatic carbocycles. The molecule has 134 valence electrons. The maximum absolute atomic E-state index is 12.7. The van der Waals surface area contributed by atoms with Crippen LogP contribution in [0.4, 0.5) is 5.00 Å². The molecule has 0 radical (unpaired) electrons. The topological polar surface area (TPSA) is 66.5 Å². The summed E-state index contributed by atoms with van der Waals surface area (Å²) in [5.41, 5.74) is 2.61. The molecule has 1 aromatic heterocycles. The lowest BCUT2D eigenvalue weighted by Gasteiger charge is -2.35. The second-order valence-corrected chi connectivity index (χ2v) is 6.78. The van der Waals surface area contributed by atoms with Gasteiger partial charge in [0.2, 0.25) is 0 Å². The zero-order chi connectivity index (χ0) is 17.6. The molecule has 2 heterocycles. The lowest BCUT2D eigenvalue weighted by Crippen LogP contribution is -2.43. The number of anilines is 1. The first-order valence-electron chi connectivity index (χ1n) is 8.49. The smallest absolute Gasteiger partial charge is 0.256 e. The third-order valence-corrected chi connectivity index (χ3v) is 5.40. The van der Waals surface area contributed by atoms with Crippen molar-refractivity contribution in [2.24, 2.45) is 0 Å². The number of carbonyl (C=O) groups is 1. The molecule has 1 aliphatic heterocycles. The lowest BCUT2D eigenvalue weighted by atomic mass is 10.0. The van der Waals surface area contributed by atoms with E-state index < -0.39 is 0 Å². The molecule has 0 spiro atoms. The first-order valence-corrected chi connectivity index (χ1v) is 9.27. The Morgan fingerprint density at radius 1 is 1.32 bits per heavy atom. The van der Waals surface area contributed by atoms with E-state index in [1.807, 2.05) is 32.2 Å². The molecule has 2 aromatic rings.